The molecule has 1 aliphatic heterocycles. The molecule has 150 valence electrons. The second-order valence-electron chi connectivity index (χ2n) is 6.86. The molecular formula is C22H22N2O4S. The van der Waals surface area contributed by atoms with Crippen LogP contribution in [0, 0.1) is 0 Å². The number of fused-ring (bicyclic) bond motifs is 2. The summed E-state index contributed by atoms with van der Waals surface area (Å²) in [6, 6.07) is 16.7. The Morgan fingerprint density at radius 2 is 1.79 bits per heavy atom. The molecule has 29 heavy (non-hydrogen) atoms. The normalized spacial score (nSPS) is 14.0. The van der Waals surface area contributed by atoms with Crippen LogP contribution in [0.3, 0.4) is 0 Å². The number of aromatic nitrogens is 1. The maximum Gasteiger partial charge on any atom is 0.286 e. The van der Waals surface area contributed by atoms with Crippen molar-refractivity contribution < 1.29 is 17.7 Å². The Morgan fingerprint density at radius 1 is 1.03 bits per heavy atom. The maximum atomic E-state index is 12.2. The summed E-state index contributed by atoms with van der Waals surface area (Å²) in [6.07, 6.45) is 2.77. The van der Waals surface area contributed by atoms with Crippen molar-refractivity contribution in [1.82, 2.24) is 4.98 Å². The van der Waals surface area contributed by atoms with Crippen LogP contribution in [0.4, 0.5) is 11.4 Å². The number of benzene rings is 2. The molecule has 0 spiro atoms. The number of anilines is 2. The van der Waals surface area contributed by atoms with Crippen molar-refractivity contribution in [2.24, 2.45) is 0 Å². The van der Waals surface area contributed by atoms with Gasteiger partial charge in [-0.3, -0.25) is 9.54 Å². The van der Waals surface area contributed by atoms with Crippen LogP contribution < -0.4 is 9.64 Å². The smallest absolute Gasteiger partial charge is 0.286 e. The van der Waals surface area contributed by atoms with Gasteiger partial charge in [0, 0.05) is 11.8 Å². The highest BCUT2D eigenvalue weighted by atomic mass is 32.2. The third-order valence-electron chi connectivity index (χ3n) is 5.09. The molecule has 1 N–H and O–H groups in total. The molecule has 3 aromatic rings. The molecule has 0 saturated heterocycles. The predicted octanol–water partition coefficient (Wildman–Crippen LogP) is 5.18. The molecule has 0 radical (unpaired) electrons. The van der Waals surface area contributed by atoms with Gasteiger partial charge in [-0.1, -0.05) is 32.0 Å². The lowest BCUT2D eigenvalue weighted by molar-refractivity contribution is 0.451. The van der Waals surface area contributed by atoms with Gasteiger partial charge >= 0.3 is 0 Å². The van der Waals surface area contributed by atoms with E-state index in [-0.39, 0.29) is 6.42 Å². The summed E-state index contributed by atoms with van der Waals surface area (Å²) in [4.78, 5) is 6.17. The highest BCUT2D eigenvalue weighted by Crippen LogP contribution is 2.49. The first-order valence-corrected chi connectivity index (χ1v) is 11.0. The highest BCUT2D eigenvalue weighted by Gasteiger charge is 2.36. The number of rotatable bonds is 5. The number of hydrogen-bond donors (Lipinski definition) is 1. The van der Waals surface area contributed by atoms with Crippen LogP contribution in [0.1, 0.15) is 25.8 Å². The predicted molar refractivity (Wildman–Crippen MR) is 113 cm³/mol. The number of pyridine rings is 1. The Kier molecular flexibility index (Phi) is 5.02. The molecule has 0 aliphatic carbocycles. The minimum absolute atomic E-state index is 0.209. The van der Waals surface area contributed by atoms with Gasteiger partial charge in [-0.25, -0.2) is 0 Å². The van der Waals surface area contributed by atoms with E-state index in [4.69, 9.17) is 4.74 Å². The van der Waals surface area contributed by atoms with Gasteiger partial charge in [0.15, 0.2) is 16.9 Å². The number of nitrogens with zero attached hydrogens (tertiary/aromatic N) is 2. The Bertz CT molecular complexity index is 1160. The fraction of sp³-hybridized carbons (Fsp3) is 0.227. The second kappa shape index (κ2) is 7.50. The van der Waals surface area contributed by atoms with E-state index in [9.17, 15) is 13.0 Å². The van der Waals surface area contributed by atoms with Crippen LogP contribution in [-0.2, 0) is 16.5 Å². The van der Waals surface area contributed by atoms with Gasteiger partial charge in [0.1, 0.15) is 0 Å². The van der Waals surface area contributed by atoms with Crippen molar-refractivity contribution >= 4 is 21.5 Å². The zero-order chi connectivity index (χ0) is 20.6. The van der Waals surface area contributed by atoms with Gasteiger partial charge in [-0.15, -0.1) is 0 Å². The van der Waals surface area contributed by atoms with E-state index in [1.165, 1.54) is 0 Å². The first kappa shape index (κ1) is 19.4. The van der Waals surface area contributed by atoms with Crippen LogP contribution in [-0.4, -0.2) is 23.3 Å². The first-order valence-electron chi connectivity index (χ1n) is 9.54. The third-order valence-corrected chi connectivity index (χ3v) is 6.32. The summed E-state index contributed by atoms with van der Waals surface area (Å²) >= 11 is 0. The molecule has 1 aliphatic rings. The van der Waals surface area contributed by atoms with Crippen LogP contribution in [0.25, 0.3) is 11.3 Å². The molecular weight excluding hydrogens is 388 g/mol. The SMILES string of the molecule is CCc1cccnc1-c1ccc2c(c1)N(C(CC)S(=O)(=O)O)c1ccccc1O2. The topological polar surface area (TPSA) is 79.7 Å². The van der Waals surface area contributed by atoms with Gasteiger partial charge in [-0.2, -0.15) is 8.42 Å². The standard InChI is InChI=1S/C22H22N2O4S/c1-3-15-8-7-13-23-22(15)16-11-12-20-18(14-16)24(21(4-2)29(25,26)27)17-9-5-6-10-19(17)28-20/h5-14,21H,3-4H2,1-2H3,(H,25,26,27). The van der Waals surface area contributed by atoms with E-state index in [2.05, 4.69) is 11.9 Å². The largest absolute Gasteiger partial charge is 0.453 e. The summed E-state index contributed by atoms with van der Waals surface area (Å²) < 4.78 is 40.3. The quantitative estimate of drug-likeness (QED) is 0.584. The molecule has 2 heterocycles. The fourth-order valence-corrected chi connectivity index (χ4v) is 4.67. The molecule has 0 amide bonds. The number of ether oxygens (including phenoxy) is 1. The van der Waals surface area contributed by atoms with Crippen molar-refractivity contribution in [3.05, 3.63) is 66.4 Å². The van der Waals surface area contributed by atoms with Crippen molar-refractivity contribution in [3.8, 4) is 22.8 Å². The van der Waals surface area contributed by atoms with E-state index in [1.807, 2.05) is 42.5 Å². The van der Waals surface area contributed by atoms with Crippen LogP contribution in [0.15, 0.2) is 60.8 Å². The van der Waals surface area contributed by atoms with Crippen molar-refractivity contribution in [2.45, 2.75) is 32.1 Å². The molecule has 1 unspecified atom stereocenters. The monoisotopic (exact) mass is 410 g/mol. The Hall–Kier alpha value is -2.90. The fourth-order valence-electron chi connectivity index (χ4n) is 3.75. The summed E-state index contributed by atoms with van der Waals surface area (Å²) in [5.74, 6) is 1.07. The van der Waals surface area contributed by atoms with Crippen LogP contribution in [0.2, 0.25) is 0 Å². The van der Waals surface area contributed by atoms with E-state index in [1.54, 1.807) is 30.2 Å². The van der Waals surface area contributed by atoms with Gasteiger partial charge in [0.05, 0.1) is 17.1 Å². The molecule has 6 nitrogen and oxygen atoms in total. The molecule has 4 rings (SSSR count). The van der Waals surface area contributed by atoms with Gasteiger partial charge in [-0.05, 0) is 54.8 Å². The average molecular weight is 410 g/mol. The number of para-hydroxylation sites is 2. The average Bonchev–Trinajstić information content (AvgIpc) is 2.72. The maximum absolute atomic E-state index is 12.2. The second-order valence-corrected chi connectivity index (χ2v) is 8.44. The summed E-state index contributed by atoms with van der Waals surface area (Å²) in [6.45, 7) is 3.80. The first-order chi connectivity index (χ1) is 13.9. The number of hydrogen-bond acceptors (Lipinski definition) is 5. The van der Waals surface area contributed by atoms with E-state index >= 15 is 0 Å². The Morgan fingerprint density at radius 3 is 2.52 bits per heavy atom. The lowest BCUT2D eigenvalue weighted by atomic mass is 10.0. The van der Waals surface area contributed by atoms with Crippen molar-refractivity contribution in [3.63, 3.8) is 0 Å². The lowest BCUT2D eigenvalue weighted by Gasteiger charge is -2.36. The van der Waals surface area contributed by atoms with Gasteiger partial charge < -0.3 is 9.64 Å². The Labute approximate surface area is 170 Å². The zero-order valence-electron chi connectivity index (χ0n) is 16.2. The van der Waals surface area contributed by atoms with Gasteiger partial charge in [0.2, 0.25) is 0 Å². The van der Waals surface area contributed by atoms with Crippen molar-refractivity contribution in [2.75, 3.05) is 4.90 Å². The molecule has 2 aromatic carbocycles. The summed E-state index contributed by atoms with van der Waals surface area (Å²) in [5, 5.41) is -1.13. The molecule has 1 atom stereocenters. The van der Waals surface area contributed by atoms with Crippen molar-refractivity contribution in [1.29, 1.82) is 0 Å². The Balaban J connectivity index is 1.93. The minimum Gasteiger partial charge on any atom is -0.453 e. The van der Waals surface area contributed by atoms with E-state index < -0.39 is 15.5 Å². The summed E-state index contributed by atoms with van der Waals surface area (Å²) in [5.41, 5.74) is 3.98. The molecule has 0 saturated carbocycles. The third kappa shape index (κ3) is 3.47. The number of aryl methyl sites for hydroxylation is 1. The lowest BCUT2D eigenvalue weighted by Crippen LogP contribution is -2.38. The molecule has 7 heteroatoms. The van der Waals surface area contributed by atoms with Gasteiger partial charge in [0.25, 0.3) is 10.1 Å². The van der Waals surface area contributed by atoms with Crippen LogP contribution in [0.5, 0.6) is 11.5 Å². The summed E-state index contributed by atoms with van der Waals surface area (Å²) in [7, 11) is -4.34. The van der Waals surface area contributed by atoms with E-state index in [0.717, 1.165) is 23.2 Å². The zero-order valence-corrected chi connectivity index (χ0v) is 17.1. The highest BCUT2D eigenvalue weighted by molar-refractivity contribution is 7.86. The minimum atomic E-state index is -4.34. The van der Waals surface area contributed by atoms with E-state index in [0.29, 0.717) is 22.9 Å². The molecule has 0 bridgehead atoms. The molecule has 0 fully saturated rings. The van der Waals surface area contributed by atoms with Crippen LogP contribution >= 0.6 is 0 Å². The molecule has 1 aromatic heterocycles.